The van der Waals surface area contributed by atoms with Crippen molar-refractivity contribution in [3.05, 3.63) is 35.5 Å². The number of hydrogen-bond acceptors (Lipinski definition) is 2. The number of aryl methyl sites for hydroxylation is 2. The van der Waals surface area contributed by atoms with Crippen LogP contribution in [0, 0.1) is 6.92 Å². The van der Waals surface area contributed by atoms with E-state index in [4.69, 9.17) is 0 Å². The van der Waals surface area contributed by atoms with E-state index in [-0.39, 0.29) is 0 Å². The van der Waals surface area contributed by atoms with Crippen LogP contribution in [0.25, 0.3) is 10.9 Å². The van der Waals surface area contributed by atoms with Crippen LogP contribution in [0.3, 0.4) is 0 Å². The molecular weight excluding hydrogens is 298 g/mol. The first-order valence-electron chi connectivity index (χ1n) is 7.77. The third-order valence-corrected chi connectivity index (χ3v) is 5.93. The van der Waals surface area contributed by atoms with E-state index >= 15 is 0 Å². The lowest BCUT2D eigenvalue weighted by Crippen LogP contribution is -2.39. The van der Waals surface area contributed by atoms with Crippen LogP contribution in [0.5, 0.6) is 0 Å². The molecule has 1 aromatic heterocycles. The summed E-state index contributed by atoms with van der Waals surface area (Å²) >= 11 is 0. The molecule has 0 saturated carbocycles. The number of aromatic nitrogens is 1. The summed E-state index contributed by atoms with van der Waals surface area (Å²) in [6, 6.07) is 6.38. The van der Waals surface area contributed by atoms with Crippen molar-refractivity contribution in [1.29, 1.82) is 0 Å². The van der Waals surface area contributed by atoms with E-state index in [1.807, 2.05) is 7.05 Å². The monoisotopic (exact) mass is 321 g/mol. The maximum Gasteiger partial charge on any atom is 0.279 e. The highest BCUT2D eigenvalue weighted by Gasteiger charge is 2.24. The van der Waals surface area contributed by atoms with Gasteiger partial charge in [-0.1, -0.05) is 12.1 Å². The zero-order valence-corrected chi connectivity index (χ0v) is 14.0. The van der Waals surface area contributed by atoms with Crippen molar-refractivity contribution in [1.82, 2.24) is 13.6 Å². The smallest absolute Gasteiger partial charge is 0.279 e. The van der Waals surface area contributed by atoms with Gasteiger partial charge in [0.15, 0.2) is 0 Å². The molecule has 1 saturated heterocycles. The lowest BCUT2D eigenvalue weighted by molar-refractivity contribution is 0.465. The molecule has 2 aromatic rings. The Kier molecular flexibility index (Phi) is 4.25. The second kappa shape index (κ2) is 6.02. The first-order chi connectivity index (χ1) is 10.5. The van der Waals surface area contributed by atoms with Crippen molar-refractivity contribution in [3.8, 4) is 0 Å². The van der Waals surface area contributed by atoms with Crippen molar-refractivity contribution in [2.75, 3.05) is 19.6 Å². The zero-order valence-electron chi connectivity index (χ0n) is 13.2. The Balaban J connectivity index is 1.69. The quantitative estimate of drug-likeness (QED) is 0.915. The van der Waals surface area contributed by atoms with E-state index in [0.29, 0.717) is 26.1 Å². The van der Waals surface area contributed by atoms with Crippen molar-refractivity contribution >= 4 is 21.1 Å². The summed E-state index contributed by atoms with van der Waals surface area (Å²) in [6.07, 6.45) is 4.72. The third-order valence-electron chi connectivity index (χ3n) is 4.31. The molecule has 5 nitrogen and oxygen atoms in total. The van der Waals surface area contributed by atoms with E-state index in [0.717, 1.165) is 12.8 Å². The number of rotatable bonds is 5. The number of fused-ring (bicyclic) bond motifs is 1. The van der Waals surface area contributed by atoms with E-state index in [1.165, 1.54) is 22.0 Å². The molecule has 0 aliphatic carbocycles. The minimum absolute atomic E-state index is 0.436. The molecule has 1 aliphatic rings. The first kappa shape index (κ1) is 15.5. The SMILES string of the molecule is Cc1ccc2c(CCNS(=O)(=O)N3CCCC3)cn(C)c2c1. The predicted molar refractivity (Wildman–Crippen MR) is 89.1 cm³/mol. The number of benzene rings is 1. The van der Waals surface area contributed by atoms with Gasteiger partial charge in [0.2, 0.25) is 0 Å². The predicted octanol–water partition coefficient (Wildman–Crippen LogP) is 1.96. The maximum absolute atomic E-state index is 12.1. The van der Waals surface area contributed by atoms with Crippen LogP contribution in [-0.2, 0) is 23.7 Å². The summed E-state index contributed by atoms with van der Waals surface area (Å²) in [7, 11) is -1.28. The molecule has 1 N–H and O–H groups in total. The molecule has 0 amide bonds. The van der Waals surface area contributed by atoms with Crippen LogP contribution in [0.4, 0.5) is 0 Å². The van der Waals surface area contributed by atoms with Crippen LogP contribution in [-0.4, -0.2) is 36.9 Å². The average Bonchev–Trinajstić information content (AvgIpc) is 3.09. The van der Waals surface area contributed by atoms with Gasteiger partial charge < -0.3 is 4.57 Å². The Hall–Kier alpha value is -1.37. The molecule has 0 radical (unpaired) electrons. The molecule has 120 valence electrons. The van der Waals surface area contributed by atoms with Gasteiger partial charge in [0.25, 0.3) is 10.2 Å². The van der Waals surface area contributed by atoms with E-state index in [1.54, 1.807) is 4.31 Å². The average molecular weight is 321 g/mol. The Labute approximate surface area is 132 Å². The van der Waals surface area contributed by atoms with Crippen molar-refractivity contribution in [2.45, 2.75) is 26.2 Å². The summed E-state index contributed by atoms with van der Waals surface area (Å²) in [5, 5.41) is 1.20. The summed E-state index contributed by atoms with van der Waals surface area (Å²) in [4.78, 5) is 0. The first-order valence-corrected chi connectivity index (χ1v) is 9.21. The topological polar surface area (TPSA) is 54.3 Å². The summed E-state index contributed by atoms with van der Waals surface area (Å²) in [5.74, 6) is 0. The minimum Gasteiger partial charge on any atom is -0.350 e. The fraction of sp³-hybridized carbons (Fsp3) is 0.500. The van der Waals surface area contributed by atoms with Gasteiger partial charge in [0.05, 0.1) is 0 Å². The molecule has 1 aliphatic heterocycles. The zero-order chi connectivity index (χ0) is 15.7. The Morgan fingerprint density at radius 3 is 2.68 bits per heavy atom. The second-order valence-electron chi connectivity index (χ2n) is 6.04. The van der Waals surface area contributed by atoms with Crippen molar-refractivity contribution in [2.24, 2.45) is 7.05 Å². The Morgan fingerprint density at radius 2 is 1.95 bits per heavy atom. The van der Waals surface area contributed by atoms with Gasteiger partial charge in [-0.25, -0.2) is 4.72 Å². The fourth-order valence-electron chi connectivity index (χ4n) is 3.11. The minimum atomic E-state index is -3.31. The molecule has 1 aromatic carbocycles. The van der Waals surface area contributed by atoms with Gasteiger partial charge in [-0.05, 0) is 43.4 Å². The fourth-order valence-corrected chi connectivity index (χ4v) is 4.39. The van der Waals surface area contributed by atoms with E-state index in [9.17, 15) is 8.42 Å². The van der Waals surface area contributed by atoms with Gasteiger partial charge >= 0.3 is 0 Å². The highest BCUT2D eigenvalue weighted by atomic mass is 32.2. The van der Waals surface area contributed by atoms with Gasteiger partial charge in [-0.3, -0.25) is 0 Å². The summed E-state index contributed by atoms with van der Waals surface area (Å²) < 4.78 is 30.7. The Bertz CT molecular complexity index is 774. The number of hydrogen-bond donors (Lipinski definition) is 1. The van der Waals surface area contributed by atoms with Gasteiger partial charge in [0, 0.05) is 43.8 Å². The number of nitrogens with zero attached hydrogens (tertiary/aromatic N) is 2. The van der Waals surface area contributed by atoms with Gasteiger partial charge in [-0.2, -0.15) is 12.7 Å². The van der Waals surface area contributed by atoms with Gasteiger partial charge in [-0.15, -0.1) is 0 Å². The molecule has 3 rings (SSSR count). The van der Waals surface area contributed by atoms with Crippen molar-refractivity contribution < 1.29 is 8.42 Å². The molecular formula is C16H23N3O2S. The summed E-state index contributed by atoms with van der Waals surface area (Å²) in [6.45, 7) is 3.80. The van der Waals surface area contributed by atoms with Crippen LogP contribution in [0.1, 0.15) is 24.0 Å². The molecule has 0 spiro atoms. The molecule has 1 fully saturated rings. The highest BCUT2D eigenvalue weighted by molar-refractivity contribution is 7.87. The Morgan fingerprint density at radius 1 is 1.23 bits per heavy atom. The van der Waals surface area contributed by atoms with Crippen molar-refractivity contribution in [3.63, 3.8) is 0 Å². The molecule has 0 unspecified atom stereocenters. The van der Waals surface area contributed by atoms with E-state index < -0.39 is 10.2 Å². The lowest BCUT2D eigenvalue weighted by atomic mass is 10.1. The van der Waals surface area contributed by atoms with Crippen LogP contribution in [0.2, 0.25) is 0 Å². The molecule has 6 heteroatoms. The molecule has 0 bridgehead atoms. The third kappa shape index (κ3) is 3.04. The largest absolute Gasteiger partial charge is 0.350 e. The second-order valence-corrected chi connectivity index (χ2v) is 7.80. The van der Waals surface area contributed by atoms with Crippen LogP contribution in [0.15, 0.2) is 24.4 Å². The van der Waals surface area contributed by atoms with Crippen LogP contribution >= 0.6 is 0 Å². The van der Waals surface area contributed by atoms with Gasteiger partial charge in [0.1, 0.15) is 0 Å². The lowest BCUT2D eigenvalue weighted by Gasteiger charge is -2.15. The van der Waals surface area contributed by atoms with Crippen LogP contribution < -0.4 is 4.72 Å². The highest BCUT2D eigenvalue weighted by Crippen LogP contribution is 2.22. The molecule has 0 atom stereocenters. The summed E-state index contributed by atoms with van der Waals surface area (Å²) in [5.41, 5.74) is 3.61. The standard InChI is InChI=1S/C16H23N3O2S/c1-13-5-6-15-14(12-18(2)16(15)11-13)7-8-17-22(20,21)19-9-3-4-10-19/h5-6,11-12,17H,3-4,7-10H2,1-2H3. The normalized spacial score (nSPS) is 16.6. The maximum atomic E-state index is 12.1. The number of nitrogens with one attached hydrogen (secondary N) is 1. The molecule has 2 heterocycles. The van der Waals surface area contributed by atoms with E-state index in [2.05, 4.69) is 40.6 Å². The molecule has 22 heavy (non-hydrogen) atoms.